The number of nitrogens with zero attached hydrogens (tertiary/aromatic N) is 1. The minimum atomic E-state index is -0.0210. The van der Waals surface area contributed by atoms with Crippen LogP contribution in [0.5, 0.6) is 5.75 Å². The van der Waals surface area contributed by atoms with E-state index in [1.165, 1.54) is 10.5 Å². The van der Waals surface area contributed by atoms with Crippen molar-refractivity contribution in [3.05, 3.63) is 29.8 Å². The molecule has 0 unspecified atom stereocenters. The number of ether oxygens (including phenoxy) is 1. The van der Waals surface area contributed by atoms with E-state index in [0.29, 0.717) is 31.2 Å². The fourth-order valence-electron chi connectivity index (χ4n) is 3.05. The average Bonchev–Trinajstić information content (AvgIpc) is 2.86. The summed E-state index contributed by atoms with van der Waals surface area (Å²) in [5.41, 5.74) is 1.26. The topological polar surface area (TPSA) is 46.6 Å². The maximum absolute atomic E-state index is 11.8. The summed E-state index contributed by atoms with van der Waals surface area (Å²) in [6.45, 7) is 4.98. The molecule has 4 heteroatoms. The first-order valence-electron chi connectivity index (χ1n) is 8.48. The Morgan fingerprint density at radius 2 is 1.61 bits per heavy atom. The van der Waals surface area contributed by atoms with Crippen LogP contribution in [-0.2, 0) is 9.59 Å². The van der Waals surface area contributed by atoms with Gasteiger partial charge in [0.1, 0.15) is 5.75 Å². The molecule has 0 radical (unpaired) electrons. The number of methoxy groups -OCH3 is 1. The van der Waals surface area contributed by atoms with Gasteiger partial charge in [-0.3, -0.25) is 14.5 Å². The number of rotatable bonds is 8. The lowest BCUT2D eigenvalue weighted by atomic mass is 9.88. The quantitative estimate of drug-likeness (QED) is 0.686. The van der Waals surface area contributed by atoms with Crippen molar-refractivity contribution in [1.29, 1.82) is 0 Å². The third kappa shape index (κ3) is 4.81. The van der Waals surface area contributed by atoms with E-state index in [-0.39, 0.29) is 11.8 Å². The van der Waals surface area contributed by atoms with Crippen LogP contribution in [0.3, 0.4) is 0 Å². The van der Waals surface area contributed by atoms with Crippen molar-refractivity contribution in [2.24, 2.45) is 5.92 Å². The zero-order valence-electron chi connectivity index (χ0n) is 14.4. The molecular weight excluding hydrogens is 290 g/mol. The number of imide groups is 1. The molecule has 1 atom stereocenters. The lowest BCUT2D eigenvalue weighted by Crippen LogP contribution is -2.31. The Kier molecular flexibility index (Phi) is 6.20. The minimum Gasteiger partial charge on any atom is -0.497 e. The second-order valence-corrected chi connectivity index (χ2v) is 6.67. The number of benzene rings is 1. The molecule has 1 aliphatic rings. The molecule has 4 nitrogen and oxygen atoms in total. The van der Waals surface area contributed by atoms with Crippen molar-refractivity contribution in [3.63, 3.8) is 0 Å². The molecule has 0 aromatic heterocycles. The summed E-state index contributed by atoms with van der Waals surface area (Å²) in [5.74, 6) is 1.82. The van der Waals surface area contributed by atoms with Crippen LogP contribution in [0.1, 0.15) is 57.4 Å². The molecule has 1 aromatic carbocycles. The van der Waals surface area contributed by atoms with E-state index in [1.54, 1.807) is 7.11 Å². The summed E-state index contributed by atoms with van der Waals surface area (Å²) < 4.78 is 5.22. The standard InChI is InChI=1S/C19H27NO3/c1-14(2)4-5-16(15-6-8-17(23-3)9-7-15)12-13-20-18(21)10-11-19(20)22/h6-9,14,16H,4-5,10-13H2,1-3H3/t16-/m1/s1. The molecule has 0 spiro atoms. The Morgan fingerprint density at radius 3 is 2.13 bits per heavy atom. The SMILES string of the molecule is COc1ccc([C@H](CCC(C)C)CCN2C(=O)CCC2=O)cc1. The average molecular weight is 317 g/mol. The fraction of sp³-hybridized carbons (Fsp3) is 0.579. The number of carbonyl (C=O) groups is 2. The molecule has 23 heavy (non-hydrogen) atoms. The van der Waals surface area contributed by atoms with E-state index in [0.717, 1.165) is 25.0 Å². The van der Waals surface area contributed by atoms with Crippen molar-refractivity contribution in [2.75, 3.05) is 13.7 Å². The summed E-state index contributed by atoms with van der Waals surface area (Å²) in [6, 6.07) is 8.14. The molecule has 126 valence electrons. The maximum atomic E-state index is 11.8. The molecule has 1 heterocycles. The van der Waals surface area contributed by atoms with E-state index in [4.69, 9.17) is 4.74 Å². The van der Waals surface area contributed by atoms with Crippen molar-refractivity contribution in [1.82, 2.24) is 4.90 Å². The normalized spacial score (nSPS) is 16.3. The Balaban J connectivity index is 2.03. The summed E-state index contributed by atoms with van der Waals surface area (Å²) >= 11 is 0. The number of amides is 2. The molecule has 0 N–H and O–H groups in total. The molecule has 2 amide bonds. The van der Waals surface area contributed by atoms with E-state index in [2.05, 4.69) is 26.0 Å². The Labute approximate surface area is 138 Å². The van der Waals surface area contributed by atoms with E-state index < -0.39 is 0 Å². The van der Waals surface area contributed by atoms with Crippen LogP contribution in [-0.4, -0.2) is 30.4 Å². The van der Waals surface area contributed by atoms with Gasteiger partial charge in [0.2, 0.25) is 11.8 Å². The largest absolute Gasteiger partial charge is 0.497 e. The van der Waals surface area contributed by atoms with Gasteiger partial charge in [-0.1, -0.05) is 32.4 Å². The van der Waals surface area contributed by atoms with Crippen molar-refractivity contribution >= 4 is 11.8 Å². The third-order valence-corrected chi connectivity index (χ3v) is 4.54. The van der Waals surface area contributed by atoms with Gasteiger partial charge in [0.25, 0.3) is 0 Å². The summed E-state index contributed by atoms with van der Waals surface area (Å²) in [4.78, 5) is 25.0. The minimum absolute atomic E-state index is 0.0210. The molecule has 0 saturated carbocycles. The second kappa shape index (κ2) is 8.14. The molecule has 0 bridgehead atoms. The first-order valence-corrected chi connectivity index (χ1v) is 8.48. The van der Waals surface area contributed by atoms with Gasteiger partial charge in [0.05, 0.1) is 7.11 Å². The van der Waals surface area contributed by atoms with Crippen LogP contribution in [0.2, 0.25) is 0 Å². The molecular formula is C19H27NO3. The highest BCUT2D eigenvalue weighted by atomic mass is 16.5. The molecule has 1 aliphatic heterocycles. The van der Waals surface area contributed by atoms with Crippen molar-refractivity contribution in [2.45, 2.75) is 51.9 Å². The Bertz CT molecular complexity index is 520. The Morgan fingerprint density at radius 1 is 1.00 bits per heavy atom. The molecule has 1 fully saturated rings. The van der Waals surface area contributed by atoms with E-state index in [1.807, 2.05) is 12.1 Å². The van der Waals surface area contributed by atoms with Gasteiger partial charge >= 0.3 is 0 Å². The monoisotopic (exact) mass is 317 g/mol. The highest BCUT2D eigenvalue weighted by molar-refractivity contribution is 6.01. The predicted octanol–water partition coefficient (Wildman–Crippen LogP) is 3.75. The van der Waals surface area contributed by atoms with E-state index in [9.17, 15) is 9.59 Å². The van der Waals surface area contributed by atoms with Gasteiger partial charge in [-0.05, 0) is 42.4 Å². The fourth-order valence-corrected chi connectivity index (χ4v) is 3.05. The van der Waals surface area contributed by atoms with Crippen LogP contribution in [0.4, 0.5) is 0 Å². The summed E-state index contributed by atoms with van der Waals surface area (Å²) in [6.07, 6.45) is 3.78. The van der Waals surface area contributed by atoms with Crippen molar-refractivity contribution in [3.8, 4) is 5.75 Å². The lowest BCUT2D eigenvalue weighted by molar-refractivity contribution is -0.138. The van der Waals surface area contributed by atoms with Crippen LogP contribution >= 0.6 is 0 Å². The van der Waals surface area contributed by atoms with Crippen LogP contribution in [0.25, 0.3) is 0 Å². The summed E-state index contributed by atoms with van der Waals surface area (Å²) in [5, 5.41) is 0. The van der Waals surface area contributed by atoms with E-state index >= 15 is 0 Å². The second-order valence-electron chi connectivity index (χ2n) is 6.67. The highest BCUT2D eigenvalue weighted by Gasteiger charge is 2.29. The summed E-state index contributed by atoms with van der Waals surface area (Å²) in [7, 11) is 1.66. The first-order chi connectivity index (χ1) is 11.0. The van der Waals surface area contributed by atoms with Gasteiger partial charge in [-0.15, -0.1) is 0 Å². The molecule has 0 aliphatic carbocycles. The van der Waals surface area contributed by atoms with Crippen LogP contribution in [0.15, 0.2) is 24.3 Å². The van der Waals surface area contributed by atoms with Crippen LogP contribution < -0.4 is 4.74 Å². The smallest absolute Gasteiger partial charge is 0.229 e. The number of likely N-dealkylation sites (tertiary alicyclic amines) is 1. The molecule has 1 aromatic rings. The van der Waals surface area contributed by atoms with Gasteiger partial charge in [-0.25, -0.2) is 0 Å². The predicted molar refractivity (Wildman–Crippen MR) is 90.4 cm³/mol. The zero-order valence-corrected chi connectivity index (χ0v) is 14.4. The molecule has 1 saturated heterocycles. The van der Waals surface area contributed by atoms with Crippen LogP contribution in [0, 0.1) is 5.92 Å². The highest BCUT2D eigenvalue weighted by Crippen LogP contribution is 2.29. The number of carbonyl (C=O) groups excluding carboxylic acids is 2. The van der Waals surface area contributed by atoms with Crippen molar-refractivity contribution < 1.29 is 14.3 Å². The lowest BCUT2D eigenvalue weighted by Gasteiger charge is -2.22. The third-order valence-electron chi connectivity index (χ3n) is 4.54. The van der Waals surface area contributed by atoms with Gasteiger partial charge in [-0.2, -0.15) is 0 Å². The number of hydrogen-bond donors (Lipinski definition) is 0. The zero-order chi connectivity index (χ0) is 16.8. The first kappa shape index (κ1) is 17.5. The van der Waals surface area contributed by atoms with Gasteiger partial charge in [0, 0.05) is 19.4 Å². The Hall–Kier alpha value is -1.84. The van der Waals surface area contributed by atoms with Gasteiger partial charge < -0.3 is 4.74 Å². The maximum Gasteiger partial charge on any atom is 0.229 e. The van der Waals surface area contributed by atoms with Gasteiger partial charge in [0.15, 0.2) is 0 Å². The molecule has 2 rings (SSSR count). The number of hydrogen-bond acceptors (Lipinski definition) is 3.